The molecule has 0 radical (unpaired) electrons. The molecule has 0 aliphatic heterocycles. The van der Waals surface area contributed by atoms with Crippen molar-refractivity contribution in [3.05, 3.63) is 11.7 Å². The number of carboxylic acid groups (broad SMARTS) is 1. The lowest BCUT2D eigenvalue weighted by Gasteiger charge is -2.08. The fourth-order valence-electron chi connectivity index (χ4n) is 1.32. The Bertz CT molecular complexity index is 432. The summed E-state index contributed by atoms with van der Waals surface area (Å²) in [5.74, 6) is -0.309. The lowest BCUT2D eigenvalue weighted by Crippen LogP contribution is -2.37. The van der Waals surface area contributed by atoms with Crippen molar-refractivity contribution in [2.75, 3.05) is 13.1 Å². The quantitative estimate of drug-likeness (QED) is 0.657. The van der Waals surface area contributed by atoms with E-state index in [9.17, 15) is 9.59 Å². The van der Waals surface area contributed by atoms with Crippen LogP contribution in [-0.4, -0.2) is 40.3 Å². The maximum Gasteiger partial charge on any atom is 0.314 e. The summed E-state index contributed by atoms with van der Waals surface area (Å²) in [7, 11) is 0. The Morgan fingerprint density at radius 3 is 2.63 bits per heavy atom. The van der Waals surface area contributed by atoms with Gasteiger partial charge in [0.2, 0.25) is 5.89 Å². The highest BCUT2D eigenvalue weighted by atomic mass is 16.5. The normalized spacial score (nSPS) is 11.9. The highest BCUT2D eigenvalue weighted by Crippen LogP contribution is 1.99. The van der Waals surface area contributed by atoms with Crippen LogP contribution >= 0.6 is 0 Å². The van der Waals surface area contributed by atoms with Gasteiger partial charge in [0.05, 0.1) is 5.92 Å². The van der Waals surface area contributed by atoms with E-state index in [4.69, 9.17) is 9.63 Å². The molecule has 1 aromatic rings. The average molecular weight is 270 g/mol. The van der Waals surface area contributed by atoms with Crippen LogP contribution in [0.3, 0.4) is 0 Å². The number of aryl methyl sites for hydroxylation is 1. The van der Waals surface area contributed by atoms with Crippen LogP contribution in [0.4, 0.5) is 4.79 Å². The van der Waals surface area contributed by atoms with Crippen molar-refractivity contribution in [1.29, 1.82) is 0 Å². The summed E-state index contributed by atoms with van der Waals surface area (Å²) < 4.78 is 4.79. The van der Waals surface area contributed by atoms with Gasteiger partial charge >= 0.3 is 12.0 Å². The maximum atomic E-state index is 11.4. The molecule has 0 saturated heterocycles. The number of aliphatic carboxylic acids is 1. The summed E-state index contributed by atoms with van der Waals surface area (Å²) in [6.07, 6.45) is 0.878. The number of nitrogens with one attached hydrogen (secondary N) is 2. The summed E-state index contributed by atoms with van der Waals surface area (Å²) in [6.45, 7) is 4.00. The van der Waals surface area contributed by atoms with Crippen molar-refractivity contribution in [2.24, 2.45) is 5.92 Å². The van der Waals surface area contributed by atoms with E-state index in [-0.39, 0.29) is 6.03 Å². The predicted molar refractivity (Wildman–Crippen MR) is 65.6 cm³/mol. The molecule has 1 rings (SSSR count). The first-order chi connectivity index (χ1) is 8.99. The van der Waals surface area contributed by atoms with Gasteiger partial charge < -0.3 is 20.3 Å². The fraction of sp³-hybridized carbons (Fsp3) is 0.636. The smallest absolute Gasteiger partial charge is 0.314 e. The lowest BCUT2D eigenvalue weighted by atomic mass is 10.1. The molecule has 1 heterocycles. The highest BCUT2D eigenvalue weighted by molar-refractivity contribution is 5.74. The molecule has 0 bridgehead atoms. The second kappa shape index (κ2) is 7.34. The first-order valence-corrected chi connectivity index (χ1v) is 6.02. The van der Waals surface area contributed by atoms with Crippen LogP contribution in [0.25, 0.3) is 0 Å². The molecular weight excluding hydrogens is 252 g/mol. The molecule has 0 aliphatic rings. The Morgan fingerprint density at radius 1 is 1.37 bits per heavy atom. The van der Waals surface area contributed by atoms with Crippen LogP contribution in [0.15, 0.2) is 4.52 Å². The van der Waals surface area contributed by atoms with Crippen LogP contribution in [0, 0.1) is 12.8 Å². The van der Waals surface area contributed by atoms with Gasteiger partial charge in [0.25, 0.3) is 0 Å². The maximum absolute atomic E-state index is 11.4. The van der Waals surface area contributed by atoms with Crippen molar-refractivity contribution in [3.63, 3.8) is 0 Å². The number of carbonyl (C=O) groups excluding carboxylic acids is 1. The van der Waals surface area contributed by atoms with E-state index in [1.165, 1.54) is 0 Å². The zero-order chi connectivity index (χ0) is 14.3. The van der Waals surface area contributed by atoms with Crippen LogP contribution in [0.1, 0.15) is 25.1 Å². The lowest BCUT2D eigenvalue weighted by molar-refractivity contribution is -0.141. The second-order valence-corrected chi connectivity index (χ2v) is 4.19. The van der Waals surface area contributed by atoms with Gasteiger partial charge in [0, 0.05) is 26.4 Å². The number of hydrogen-bond donors (Lipinski definition) is 3. The standard InChI is InChI=1S/C11H18N4O4/c1-7(10(16)17)3-5-12-11(18)13-6-4-9-14-8(2)19-15-9/h7H,3-6H2,1-2H3,(H,16,17)(H2,12,13,18). The number of urea groups is 1. The molecule has 0 fully saturated rings. The Hall–Kier alpha value is -2.12. The summed E-state index contributed by atoms with van der Waals surface area (Å²) in [6, 6.07) is -0.335. The van der Waals surface area contributed by atoms with E-state index in [0.29, 0.717) is 37.6 Å². The molecular formula is C11H18N4O4. The summed E-state index contributed by atoms with van der Waals surface area (Å²) >= 11 is 0. The number of rotatable bonds is 7. The van der Waals surface area contributed by atoms with Crippen molar-refractivity contribution < 1.29 is 19.2 Å². The topological polar surface area (TPSA) is 117 Å². The summed E-state index contributed by atoms with van der Waals surface area (Å²) in [5, 5.41) is 17.6. The van der Waals surface area contributed by atoms with Gasteiger partial charge in [0.15, 0.2) is 5.82 Å². The van der Waals surface area contributed by atoms with Gasteiger partial charge in [-0.1, -0.05) is 12.1 Å². The van der Waals surface area contributed by atoms with Gasteiger partial charge in [-0.15, -0.1) is 0 Å². The molecule has 1 aromatic heterocycles. The molecule has 3 N–H and O–H groups in total. The third-order valence-corrected chi connectivity index (χ3v) is 2.49. The number of nitrogens with zero attached hydrogens (tertiary/aromatic N) is 2. The molecule has 8 heteroatoms. The van der Waals surface area contributed by atoms with E-state index >= 15 is 0 Å². The Morgan fingerprint density at radius 2 is 2.05 bits per heavy atom. The Balaban J connectivity index is 2.10. The number of carboxylic acids is 1. The Kier molecular flexibility index (Phi) is 5.77. The molecule has 8 nitrogen and oxygen atoms in total. The zero-order valence-corrected chi connectivity index (χ0v) is 11.0. The average Bonchev–Trinajstić information content (AvgIpc) is 2.74. The van der Waals surface area contributed by atoms with E-state index in [0.717, 1.165) is 0 Å². The van der Waals surface area contributed by atoms with Crippen LogP contribution in [0.5, 0.6) is 0 Å². The molecule has 1 atom stereocenters. The van der Waals surface area contributed by atoms with Gasteiger partial charge in [0.1, 0.15) is 0 Å². The number of carbonyl (C=O) groups is 2. The molecule has 19 heavy (non-hydrogen) atoms. The minimum Gasteiger partial charge on any atom is -0.481 e. The molecule has 2 amide bonds. The van der Waals surface area contributed by atoms with Crippen LogP contribution in [0.2, 0.25) is 0 Å². The van der Waals surface area contributed by atoms with E-state index in [2.05, 4.69) is 20.8 Å². The van der Waals surface area contributed by atoms with Crippen LogP contribution in [-0.2, 0) is 11.2 Å². The number of amides is 2. The largest absolute Gasteiger partial charge is 0.481 e. The predicted octanol–water partition coefficient (Wildman–Crippen LogP) is 0.331. The zero-order valence-electron chi connectivity index (χ0n) is 11.0. The molecule has 0 aromatic carbocycles. The number of aromatic nitrogens is 2. The Labute approximate surface area is 110 Å². The third-order valence-electron chi connectivity index (χ3n) is 2.49. The van der Waals surface area contributed by atoms with E-state index in [1.54, 1.807) is 13.8 Å². The van der Waals surface area contributed by atoms with Crippen LogP contribution < -0.4 is 10.6 Å². The third kappa shape index (κ3) is 5.84. The fourth-order valence-corrected chi connectivity index (χ4v) is 1.32. The number of hydrogen-bond acceptors (Lipinski definition) is 5. The summed E-state index contributed by atoms with van der Waals surface area (Å²) in [5.41, 5.74) is 0. The van der Waals surface area contributed by atoms with Crippen molar-refractivity contribution >= 4 is 12.0 Å². The van der Waals surface area contributed by atoms with E-state index < -0.39 is 11.9 Å². The van der Waals surface area contributed by atoms with Crippen molar-refractivity contribution in [1.82, 2.24) is 20.8 Å². The van der Waals surface area contributed by atoms with Gasteiger partial charge in [-0.05, 0) is 6.42 Å². The first-order valence-electron chi connectivity index (χ1n) is 6.02. The molecule has 0 aliphatic carbocycles. The highest BCUT2D eigenvalue weighted by Gasteiger charge is 2.10. The minimum atomic E-state index is -0.866. The van der Waals surface area contributed by atoms with Gasteiger partial charge in [-0.2, -0.15) is 4.98 Å². The first kappa shape index (κ1) is 14.9. The van der Waals surface area contributed by atoms with Gasteiger partial charge in [-0.3, -0.25) is 4.79 Å². The molecule has 0 spiro atoms. The van der Waals surface area contributed by atoms with Gasteiger partial charge in [-0.25, -0.2) is 4.79 Å². The minimum absolute atomic E-state index is 0.320. The second-order valence-electron chi connectivity index (χ2n) is 4.19. The van der Waals surface area contributed by atoms with Crippen molar-refractivity contribution in [3.8, 4) is 0 Å². The molecule has 0 saturated carbocycles. The van der Waals surface area contributed by atoms with E-state index in [1.807, 2.05) is 0 Å². The summed E-state index contributed by atoms with van der Waals surface area (Å²) in [4.78, 5) is 25.9. The monoisotopic (exact) mass is 270 g/mol. The SMILES string of the molecule is Cc1nc(CCNC(=O)NCCC(C)C(=O)O)no1. The van der Waals surface area contributed by atoms with Crippen molar-refractivity contribution in [2.45, 2.75) is 26.7 Å². The molecule has 1 unspecified atom stereocenters. The molecule has 106 valence electrons.